The molecule has 0 fully saturated rings. The first-order valence-corrected chi connectivity index (χ1v) is 23.5. The molecule has 0 aliphatic carbocycles. The minimum Gasteiger partial charge on any atom is -0.309 e. The topological polar surface area (TPSA) is 4.93 Å². The van der Waals surface area contributed by atoms with Crippen molar-refractivity contribution >= 4 is 21.8 Å². The van der Waals surface area contributed by atoms with Crippen LogP contribution in [0.1, 0.15) is 22.6 Å². The Balaban J connectivity index is 0.956. The second kappa shape index (κ2) is 17.9. The van der Waals surface area contributed by atoms with Gasteiger partial charge in [0.05, 0.1) is 11.0 Å². The lowest BCUT2D eigenvalue weighted by Gasteiger charge is -2.21. The van der Waals surface area contributed by atoms with Crippen LogP contribution in [0.5, 0.6) is 0 Å². The molecule has 1 heterocycles. The molecule has 0 amide bonds. The molecule has 11 aromatic carbocycles. The van der Waals surface area contributed by atoms with Gasteiger partial charge in [0.25, 0.3) is 0 Å². The Hall–Kier alpha value is -8.78. The molecule has 68 heavy (non-hydrogen) atoms. The molecule has 1 aromatic heterocycles. The Morgan fingerprint density at radius 3 is 1.10 bits per heavy atom. The third kappa shape index (κ3) is 7.81. The summed E-state index contributed by atoms with van der Waals surface area (Å²) in [5.74, 6) is -0.00254. The third-order valence-corrected chi connectivity index (χ3v) is 13.6. The molecule has 0 aliphatic heterocycles. The maximum absolute atomic E-state index is 2.43. The van der Waals surface area contributed by atoms with Gasteiger partial charge in [-0.25, -0.2) is 0 Å². The summed E-state index contributed by atoms with van der Waals surface area (Å²) in [5, 5.41) is 2.49. The Morgan fingerprint density at radius 1 is 0.235 bits per heavy atom. The molecule has 1 nitrogen and oxygen atoms in total. The quantitative estimate of drug-likeness (QED) is 0.121. The van der Waals surface area contributed by atoms with E-state index in [1.54, 1.807) is 0 Å². The maximum Gasteiger partial charge on any atom is 0.0547 e. The van der Waals surface area contributed by atoms with E-state index in [0.29, 0.717) is 0 Å². The van der Waals surface area contributed by atoms with E-state index in [1.165, 1.54) is 105 Å². The van der Waals surface area contributed by atoms with Gasteiger partial charge in [-0.05, 0) is 108 Å². The second-order valence-corrected chi connectivity index (χ2v) is 17.7. The van der Waals surface area contributed by atoms with Crippen LogP contribution < -0.4 is 0 Å². The normalized spacial score (nSPS) is 11.4. The third-order valence-electron chi connectivity index (χ3n) is 13.6. The number of fused-ring (bicyclic) bond motifs is 3. The van der Waals surface area contributed by atoms with E-state index in [2.05, 4.69) is 284 Å². The van der Waals surface area contributed by atoms with Crippen molar-refractivity contribution in [2.75, 3.05) is 0 Å². The smallest absolute Gasteiger partial charge is 0.0547 e. The molecule has 1 heteroatoms. The molecule has 0 aliphatic rings. The summed E-state index contributed by atoms with van der Waals surface area (Å²) in [6, 6.07) is 102. The Morgan fingerprint density at radius 2 is 0.618 bits per heavy atom. The van der Waals surface area contributed by atoms with E-state index >= 15 is 0 Å². The number of para-hydroxylation sites is 1. The molecular formula is C67H47N. The van der Waals surface area contributed by atoms with Crippen molar-refractivity contribution in [2.24, 2.45) is 0 Å². The van der Waals surface area contributed by atoms with Crippen molar-refractivity contribution < 1.29 is 0 Å². The van der Waals surface area contributed by atoms with Crippen LogP contribution in [0.25, 0.3) is 94.3 Å². The predicted octanol–water partition coefficient (Wildman–Crippen LogP) is 18.0. The SMILES string of the molecule is c1ccc(-c2ccc(-c3ccc(C(c4ccc(-c5ccc(-c6ccccc6)cc5)cc4)c4cccc(-c5cccc6c5c5ccc(-c7ccccc7)cc5n6-c5ccccc5)c4)cc3)cc2)cc1. The average Bonchev–Trinajstić information content (AvgIpc) is 3.76. The van der Waals surface area contributed by atoms with Crippen LogP contribution in [0.3, 0.4) is 0 Å². The van der Waals surface area contributed by atoms with Crippen molar-refractivity contribution in [1.29, 1.82) is 0 Å². The van der Waals surface area contributed by atoms with E-state index in [4.69, 9.17) is 0 Å². The fraction of sp³-hybridized carbons (Fsp3) is 0.0149. The van der Waals surface area contributed by atoms with Gasteiger partial charge in [0.15, 0.2) is 0 Å². The molecule has 0 radical (unpaired) electrons. The molecule has 12 aromatic rings. The monoisotopic (exact) mass is 865 g/mol. The van der Waals surface area contributed by atoms with E-state index in [9.17, 15) is 0 Å². The Labute approximate surface area is 398 Å². The molecule has 12 rings (SSSR count). The van der Waals surface area contributed by atoms with Crippen molar-refractivity contribution in [2.45, 2.75) is 5.92 Å². The number of aromatic nitrogens is 1. The molecule has 0 saturated heterocycles. The zero-order valence-corrected chi connectivity index (χ0v) is 37.6. The van der Waals surface area contributed by atoms with Gasteiger partial charge >= 0.3 is 0 Å². The lowest BCUT2D eigenvalue weighted by molar-refractivity contribution is 0.978. The minimum atomic E-state index is -0.00254. The van der Waals surface area contributed by atoms with Gasteiger partial charge in [0, 0.05) is 22.4 Å². The van der Waals surface area contributed by atoms with Crippen LogP contribution in [0, 0.1) is 0 Å². The standard InChI is InChI=1S/C67H47N/c1-5-15-47(16-6-1)50-27-31-52(32-28-50)54-35-39-56(40-36-54)66(57-41-37-55(38-42-57)53-33-29-51(30-34-53)48-17-7-2-8-18-48)60-22-13-21-59(45-60)62-25-14-26-64-67(62)63-44-43-58(49-19-9-3-10-20-49)46-65(63)68(64)61-23-11-4-12-24-61/h1-46,66H. The van der Waals surface area contributed by atoms with Gasteiger partial charge in [-0.2, -0.15) is 0 Å². The highest BCUT2D eigenvalue weighted by Gasteiger charge is 2.21. The second-order valence-electron chi connectivity index (χ2n) is 17.7. The fourth-order valence-electron chi connectivity index (χ4n) is 10.1. The fourth-order valence-corrected chi connectivity index (χ4v) is 10.1. The number of benzene rings is 11. The molecule has 0 unspecified atom stereocenters. The lowest BCUT2D eigenvalue weighted by atomic mass is 9.82. The van der Waals surface area contributed by atoms with E-state index in [0.717, 1.165) is 5.69 Å². The molecule has 0 bridgehead atoms. The lowest BCUT2D eigenvalue weighted by Crippen LogP contribution is -2.04. The van der Waals surface area contributed by atoms with E-state index in [1.807, 2.05) is 0 Å². The molecular weight excluding hydrogens is 819 g/mol. The van der Waals surface area contributed by atoms with Crippen molar-refractivity contribution in [3.8, 4) is 72.4 Å². The molecule has 0 spiro atoms. The van der Waals surface area contributed by atoms with Crippen LogP contribution >= 0.6 is 0 Å². The van der Waals surface area contributed by atoms with Crippen molar-refractivity contribution in [3.05, 3.63) is 296 Å². The van der Waals surface area contributed by atoms with Gasteiger partial charge in [-0.15, -0.1) is 0 Å². The number of nitrogens with zero attached hydrogens (tertiary/aromatic N) is 1. The first kappa shape index (κ1) is 40.7. The highest BCUT2D eigenvalue weighted by atomic mass is 15.0. The first-order valence-electron chi connectivity index (χ1n) is 23.5. The van der Waals surface area contributed by atoms with Gasteiger partial charge in [0.2, 0.25) is 0 Å². The Kier molecular flexibility index (Phi) is 10.7. The number of hydrogen-bond acceptors (Lipinski definition) is 0. The van der Waals surface area contributed by atoms with Crippen LogP contribution in [0.4, 0.5) is 0 Å². The predicted molar refractivity (Wildman–Crippen MR) is 287 cm³/mol. The summed E-state index contributed by atoms with van der Waals surface area (Å²) in [6.07, 6.45) is 0. The average molecular weight is 866 g/mol. The zero-order valence-electron chi connectivity index (χ0n) is 37.6. The highest BCUT2D eigenvalue weighted by Crippen LogP contribution is 2.42. The molecule has 0 atom stereocenters. The highest BCUT2D eigenvalue weighted by molar-refractivity contribution is 6.16. The van der Waals surface area contributed by atoms with Crippen LogP contribution in [-0.4, -0.2) is 4.57 Å². The summed E-state index contributed by atoms with van der Waals surface area (Å²) < 4.78 is 2.43. The van der Waals surface area contributed by atoms with Crippen LogP contribution in [0.15, 0.2) is 279 Å². The van der Waals surface area contributed by atoms with Crippen LogP contribution in [0.2, 0.25) is 0 Å². The van der Waals surface area contributed by atoms with E-state index in [-0.39, 0.29) is 5.92 Å². The van der Waals surface area contributed by atoms with Gasteiger partial charge < -0.3 is 4.57 Å². The molecule has 320 valence electrons. The molecule has 0 N–H and O–H groups in total. The number of hydrogen-bond donors (Lipinski definition) is 0. The van der Waals surface area contributed by atoms with E-state index < -0.39 is 0 Å². The number of rotatable bonds is 10. The zero-order chi connectivity index (χ0) is 45.2. The summed E-state index contributed by atoms with van der Waals surface area (Å²) in [4.78, 5) is 0. The first-order chi connectivity index (χ1) is 33.7. The maximum atomic E-state index is 2.43. The minimum absolute atomic E-state index is 0.00254. The van der Waals surface area contributed by atoms with Gasteiger partial charge in [-0.1, -0.05) is 255 Å². The van der Waals surface area contributed by atoms with Crippen molar-refractivity contribution in [3.63, 3.8) is 0 Å². The van der Waals surface area contributed by atoms with Crippen molar-refractivity contribution in [1.82, 2.24) is 4.57 Å². The molecule has 0 saturated carbocycles. The summed E-state index contributed by atoms with van der Waals surface area (Å²) in [6.45, 7) is 0. The summed E-state index contributed by atoms with van der Waals surface area (Å²) in [7, 11) is 0. The van der Waals surface area contributed by atoms with Gasteiger partial charge in [-0.3, -0.25) is 0 Å². The van der Waals surface area contributed by atoms with Crippen LogP contribution in [-0.2, 0) is 0 Å². The summed E-state index contributed by atoms with van der Waals surface area (Å²) >= 11 is 0. The summed E-state index contributed by atoms with van der Waals surface area (Å²) in [5.41, 5.74) is 21.8. The van der Waals surface area contributed by atoms with Gasteiger partial charge in [0.1, 0.15) is 0 Å². The largest absolute Gasteiger partial charge is 0.309 e. The Bertz CT molecular complexity index is 3520.